The van der Waals surface area contributed by atoms with Gasteiger partial charge in [0.2, 0.25) is 0 Å². The maximum atomic E-state index is 13.7. The number of anilines is 2. The van der Waals surface area contributed by atoms with Crippen molar-refractivity contribution in [3.05, 3.63) is 203 Å². The van der Waals surface area contributed by atoms with Crippen LogP contribution in [0, 0.1) is 13.8 Å². The van der Waals surface area contributed by atoms with E-state index in [9.17, 15) is 9.59 Å². The van der Waals surface area contributed by atoms with Gasteiger partial charge in [0.15, 0.2) is 0 Å². The van der Waals surface area contributed by atoms with E-state index < -0.39 is 0 Å². The number of nitrogens with one attached hydrogen (secondary N) is 2. The molecule has 0 fully saturated rings. The molecule has 8 nitrogen and oxygen atoms in total. The third-order valence-electron chi connectivity index (χ3n) is 13.1. The average molecular weight is 895 g/mol. The van der Waals surface area contributed by atoms with Crippen molar-refractivity contribution >= 4 is 44.7 Å². The van der Waals surface area contributed by atoms with E-state index in [-0.39, 0.29) is 23.9 Å². The van der Waals surface area contributed by atoms with Crippen molar-refractivity contribution < 1.29 is 19.1 Å². The highest BCUT2D eigenvalue weighted by atomic mass is 16.5. The lowest BCUT2D eigenvalue weighted by Gasteiger charge is -2.21. The highest BCUT2D eigenvalue weighted by Gasteiger charge is 2.24. The van der Waals surface area contributed by atoms with Gasteiger partial charge in [-0.15, -0.1) is 0 Å². The van der Waals surface area contributed by atoms with Gasteiger partial charge in [-0.05, 0) is 124 Å². The maximum absolute atomic E-state index is 13.7. The monoisotopic (exact) mass is 894 g/mol. The molecule has 9 aromatic rings. The minimum absolute atomic E-state index is 0.121. The summed E-state index contributed by atoms with van der Waals surface area (Å²) in [5, 5.41) is 10.3. The Morgan fingerprint density at radius 1 is 0.441 bits per heavy atom. The number of carbonyl (C=O) groups excluding carboxylic acids is 2. The zero-order valence-electron chi connectivity index (χ0n) is 39.1. The Morgan fingerprint density at radius 3 is 1.21 bits per heavy atom. The topological polar surface area (TPSA) is 129 Å². The van der Waals surface area contributed by atoms with E-state index in [0.717, 1.165) is 82.7 Å². The number of amides is 2. The quantitative estimate of drug-likeness (QED) is 0.0904. The van der Waals surface area contributed by atoms with Gasteiger partial charge in [-0.2, -0.15) is 0 Å². The summed E-state index contributed by atoms with van der Waals surface area (Å²) in [6.07, 6.45) is 0. The Balaban J connectivity index is 1.11. The molecule has 8 heteroatoms. The minimum atomic E-state index is -0.248. The Bertz CT molecular complexity index is 3330. The molecule has 0 saturated carbocycles. The lowest BCUT2D eigenvalue weighted by atomic mass is 9.85. The van der Waals surface area contributed by atoms with E-state index in [1.165, 1.54) is 0 Å². The van der Waals surface area contributed by atoms with E-state index in [4.69, 9.17) is 20.9 Å². The van der Waals surface area contributed by atoms with Gasteiger partial charge < -0.3 is 31.6 Å². The van der Waals surface area contributed by atoms with Crippen LogP contribution in [0.4, 0.5) is 11.4 Å². The zero-order valence-corrected chi connectivity index (χ0v) is 39.1. The number of aryl methyl sites for hydroxylation is 2. The molecule has 0 aliphatic carbocycles. The number of hydrogen-bond donors (Lipinski definition) is 4. The number of nitrogens with two attached hydrogens (primary N) is 2. The number of nitrogen functional groups attached to an aromatic ring is 2. The SMILES string of the molecule is COc1cc(C(=O)NC(C)c2ccccc2)cc(OC)c1-c1cccc2cccc(-c3ccc(-c4cccc5cccc(-c6c(C)cc(C(=O)NC(C)c7ccccc7)cc6C)c45)c(N)c3N)c12. The molecule has 338 valence electrons. The van der Waals surface area contributed by atoms with Crippen LogP contribution in [0.1, 0.15) is 68.9 Å². The smallest absolute Gasteiger partial charge is 0.252 e. The number of hydrogen-bond acceptors (Lipinski definition) is 6. The van der Waals surface area contributed by atoms with Crippen molar-refractivity contribution in [2.24, 2.45) is 0 Å². The van der Waals surface area contributed by atoms with Gasteiger partial charge in [0.25, 0.3) is 11.8 Å². The van der Waals surface area contributed by atoms with Crippen molar-refractivity contribution in [3.8, 4) is 56.0 Å². The summed E-state index contributed by atoms with van der Waals surface area (Å²) in [5.74, 6) is 0.603. The number of fused-ring (bicyclic) bond motifs is 2. The molecule has 2 atom stereocenters. The summed E-state index contributed by atoms with van der Waals surface area (Å²) in [6, 6.07) is 55.8. The molecule has 0 radical (unpaired) electrons. The van der Waals surface area contributed by atoms with Crippen LogP contribution in [0.3, 0.4) is 0 Å². The van der Waals surface area contributed by atoms with Gasteiger partial charge in [-0.1, -0.05) is 146 Å². The van der Waals surface area contributed by atoms with E-state index in [1.54, 1.807) is 26.4 Å². The van der Waals surface area contributed by atoms with Gasteiger partial charge in [0.1, 0.15) is 11.5 Å². The molecule has 0 aromatic heterocycles. The highest BCUT2D eigenvalue weighted by Crippen LogP contribution is 2.48. The minimum Gasteiger partial charge on any atom is -0.496 e. The average Bonchev–Trinajstić information content (AvgIpc) is 3.36. The van der Waals surface area contributed by atoms with Crippen LogP contribution in [-0.2, 0) is 0 Å². The summed E-state index contributed by atoms with van der Waals surface area (Å²) in [7, 11) is 3.19. The van der Waals surface area contributed by atoms with Crippen LogP contribution in [0.25, 0.3) is 66.1 Å². The number of methoxy groups -OCH3 is 2. The first-order valence-electron chi connectivity index (χ1n) is 22.8. The molecule has 0 bridgehead atoms. The van der Waals surface area contributed by atoms with Crippen molar-refractivity contribution in [2.75, 3.05) is 25.7 Å². The van der Waals surface area contributed by atoms with E-state index >= 15 is 0 Å². The number of carbonyl (C=O) groups is 2. The summed E-state index contributed by atoms with van der Waals surface area (Å²) >= 11 is 0. The van der Waals surface area contributed by atoms with Crippen molar-refractivity contribution in [1.29, 1.82) is 0 Å². The van der Waals surface area contributed by atoms with E-state index in [2.05, 4.69) is 79.1 Å². The molecule has 2 unspecified atom stereocenters. The fourth-order valence-electron chi connectivity index (χ4n) is 9.69. The number of benzene rings is 9. The zero-order chi connectivity index (χ0) is 47.6. The molecular weight excluding hydrogens is 841 g/mol. The van der Waals surface area contributed by atoms with Crippen molar-refractivity contribution in [3.63, 3.8) is 0 Å². The lowest BCUT2D eigenvalue weighted by molar-refractivity contribution is 0.0931. The molecule has 0 heterocycles. The third-order valence-corrected chi connectivity index (χ3v) is 13.1. The molecular formula is C60H54N4O4. The van der Waals surface area contributed by atoms with Gasteiger partial charge in [-0.25, -0.2) is 0 Å². The van der Waals surface area contributed by atoms with E-state index in [1.807, 2.05) is 117 Å². The lowest BCUT2D eigenvalue weighted by Crippen LogP contribution is -2.26. The number of ether oxygens (including phenoxy) is 2. The predicted octanol–water partition coefficient (Wildman–Crippen LogP) is 13.4. The van der Waals surface area contributed by atoms with Crippen LogP contribution >= 0.6 is 0 Å². The largest absolute Gasteiger partial charge is 0.496 e. The van der Waals surface area contributed by atoms with Gasteiger partial charge in [-0.3, -0.25) is 9.59 Å². The van der Waals surface area contributed by atoms with E-state index in [0.29, 0.717) is 39.6 Å². The highest BCUT2D eigenvalue weighted by molar-refractivity contribution is 6.14. The molecule has 0 aliphatic heterocycles. The molecule has 2 amide bonds. The Morgan fingerprint density at radius 2 is 0.809 bits per heavy atom. The Kier molecular flexibility index (Phi) is 12.4. The van der Waals surface area contributed by atoms with Gasteiger partial charge >= 0.3 is 0 Å². The maximum Gasteiger partial charge on any atom is 0.252 e. The fourth-order valence-corrected chi connectivity index (χ4v) is 9.69. The summed E-state index contributed by atoms with van der Waals surface area (Å²) in [4.78, 5) is 27.3. The molecule has 0 saturated heterocycles. The van der Waals surface area contributed by atoms with Gasteiger partial charge in [0, 0.05) is 22.3 Å². The van der Waals surface area contributed by atoms with Gasteiger partial charge in [0.05, 0.1) is 43.2 Å². The van der Waals surface area contributed by atoms with Crippen LogP contribution < -0.4 is 31.6 Å². The van der Waals surface area contributed by atoms with Crippen molar-refractivity contribution in [2.45, 2.75) is 39.8 Å². The Hall–Kier alpha value is -8.36. The van der Waals surface area contributed by atoms with Crippen LogP contribution in [0.5, 0.6) is 11.5 Å². The summed E-state index contributed by atoms with van der Waals surface area (Å²) < 4.78 is 12.1. The predicted molar refractivity (Wildman–Crippen MR) is 279 cm³/mol. The second-order valence-corrected chi connectivity index (χ2v) is 17.4. The molecule has 6 N–H and O–H groups in total. The molecule has 9 aromatic carbocycles. The molecule has 0 aliphatic rings. The molecule has 68 heavy (non-hydrogen) atoms. The standard InChI is InChI=1S/C60H54N4O4/c1-35-31-43(59(65)63-37(3)39-17-9-7-10-18-39)32-36(2)53(35)49-27-15-23-41-21-13-25-45(54(41)49)47-29-30-48(58(62)57(47)61)46-26-14-22-42-24-16-28-50(55(42)46)56-51(67-5)33-44(34-52(56)68-6)60(66)64-38(4)40-19-11-8-12-20-40/h7-34,37-38H,61-62H2,1-6H3,(H,63,65)(H,64,66). The summed E-state index contributed by atoms with van der Waals surface area (Å²) in [5.41, 5.74) is 27.4. The number of rotatable bonds is 12. The second kappa shape index (κ2) is 18.9. The van der Waals surface area contributed by atoms with Crippen LogP contribution in [0.15, 0.2) is 170 Å². The normalized spacial score (nSPS) is 12.1. The first-order valence-corrected chi connectivity index (χ1v) is 22.8. The van der Waals surface area contributed by atoms with Crippen molar-refractivity contribution in [1.82, 2.24) is 10.6 Å². The first-order chi connectivity index (χ1) is 33.0. The molecule has 9 rings (SSSR count). The summed E-state index contributed by atoms with van der Waals surface area (Å²) in [6.45, 7) is 8.07. The van der Waals surface area contributed by atoms with Crippen LogP contribution in [-0.4, -0.2) is 26.0 Å². The third kappa shape index (κ3) is 8.37. The first kappa shape index (κ1) is 44.8. The fraction of sp³-hybridized carbons (Fsp3) is 0.133. The Labute approximate surface area is 397 Å². The van der Waals surface area contributed by atoms with Crippen LogP contribution in [0.2, 0.25) is 0 Å². The second-order valence-electron chi connectivity index (χ2n) is 17.4. The molecule has 0 spiro atoms.